The number of hydrogen-bond donors (Lipinski definition) is 4. The first kappa shape index (κ1) is 51.8. The van der Waals surface area contributed by atoms with Gasteiger partial charge in [-0.15, -0.1) is 0 Å². The van der Waals surface area contributed by atoms with Crippen LogP contribution in [0.15, 0.2) is 0 Å². The molecule has 0 spiro atoms. The quantitative estimate of drug-likeness (QED) is 0.0555. The Labute approximate surface area is 341 Å². The third kappa shape index (κ3) is 14.2. The van der Waals surface area contributed by atoms with Gasteiger partial charge in [-0.25, -0.2) is 0 Å². The fraction of sp³-hybridized carbons (Fsp3) is 0.875. The van der Waals surface area contributed by atoms with Crippen molar-refractivity contribution < 1.29 is 125 Å². The summed E-state index contributed by atoms with van der Waals surface area (Å²) in [6.07, 6.45) is 11.9. The van der Waals surface area contributed by atoms with Gasteiger partial charge in [0.15, 0.2) is 5.25 Å². The topological polar surface area (TPSA) is 264 Å². The first-order chi connectivity index (χ1) is 22.3. The van der Waals surface area contributed by atoms with Gasteiger partial charge in [0, 0.05) is 11.4 Å². The molecule has 0 radical (unpaired) electrons. The maximum Gasteiger partial charge on any atom is 1.00 e. The molecule has 0 saturated heterocycles. The van der Waals surface area contributed by atoms with Crippen LogP contribution in [0, 0.1) is 22.7 Å². The van der Waals surface area contributed by atoms with Crippen LogP contribution in [0.25, 0.3) is 0 Å². The van der Waals surface area contributed by atoms with Gasteiger partial charge < -0.3 is 30.0 Å². The van der Waals surface area contributed by atoms with Gasteiger partial charge >= 0.3 is 71.1 Å². The molecule has 0 heterocycles. The average Bonchev–Trinajstić information content (AvgIpc) is 2.99. The van der Waals surface area contributed by atoms with Crippen molar-refractivity contribution in [2.45, 2.75) is 153 Å². The SMILES string of the molecule is CCCCCCC(CCCCCC)(C(=O)O)C(C(=O)O)S(=O)(=O)O.O=C([O-])C(C(C(=O)[O-])(C1CCCCC1)C1CCCCC1)S(=O)(=O)O.[Na+].[Na+]. The number of aliphatic carboxylic acids is 4. The molecular weight excluding hydrogens is 718 g/mol. The molecule has 18 heteroatoms. The van der Waals surface area contributed by atoms with Gasteiger partial charge in [-0.05, 0) is 50.4 Å². The standard InChI is InChI=1S/C16H26O7S.C16H30O7S.2Na/c17-14(18)13(24(21,22)23)16(15(19)20,11-7-3-1-4-8-11)12-9-5-2-6-10-12;1-3-5-7-9-11-16(15(19)20,12-10-8-6-4-2)13(14(17)18)24(21,22)23;;/h11-13H,1-10H2,(H,17,18)(H,19,20)(H,21,22,23);13H,3-12H2,1-2H3,(H,17,18)(H,19,20)(H,21,22,23);;/q;;2*+1/p-2. The summed E-state index contributed by atoms with van der Waals surface area (Å²) >= 11 is 0. The van der Waals surface area contributed by atoms with Crippen LogP contribution in [-0.2, 0) is 39.4 Å². The van der Waals surface area contributed by atoms with Crippen LogP contribution in [0.1, 0.15) is 142 Å². The van der Waals surface area contributed by atoms with Crippen molar-refractivity contribution in [1.29, 1.82) is 0 Å². The Bertz CT molecular complexity index is 1250. The summed E-state index contributed by atoms with van der Waals surface area (Å²) in [6.45, 7) is 3.96. The molecule has 0 aromatic rings. The van der Waals surface area contributed by atoms with Crippen molar-refractivity contribution in [2.24, 2.45) is 22.7 Å². The molecule has 2 unspecified atom stereocenters. The molecule has 280 valence electrons. The van der Waals surface area contributed by atoms with Gasteiger partial charge in [-0.1, -0.05) is 104 Å². The van der Waals surface area contributed by atoms with E-state index in [1.807, 2.05) is 13.8 Å². The van der Waals surface area contributed by atoms with E-state index in [0.29, 0.717) is 77.0 Å². The summed E-state index contributed by atoms with van der Waals surface area (Å²) in [5, 5.41) is 38.0. The van der Waals surface area contributed by atoms with Crippen LogP contribution in [0.5, 0.6) is 0 Å². The molecule has 0 bridgehead atoms. The van der Waals surface area contributed by atoms with Crippen LogP contribution in [0.2, 0.25) is 0 Å². The summed E-state index contributed by atoms with van der Waals surface area (Å²) in [7, 11) is -10.2. The van der Waals surface area contributed by atoms with Crippen molar-refractivity contribution >= 4 is 44.1 Å². The number of carboxylic acids is 4. The number of rotatable bonds is 20. The van der Waals surface area contributed by atoms with E-state index in [1.165, 1.54) is 0 Å². The molecule has 2 atom stereocenters. The Kier molecular flexibility index (Phi) is 25.0. The predicted molar refractivity (Wildman–Crippen MR) is 171 cm³/mol. The number of unbranched alkanes of at least 4 members (excludes halogenated alkanes) is 6. The van der Waals surface area contributed by atoms with Crippen molar-refractivity contribution in [3.63, 3.8) is 0 Å². The fourth-order valence-electron chi connectivity index (χ4n) is 8.02. The number of carbonyl (C=O) groups is 4. The minimum absolute atomic E-state index is 0. The van der Waals surface area contributed by atoms with Crippen molar-refractivity contribution in [2.75, 3.05) is 0 Å². The Morgan fingerprint density at radius 3 is 1.24 bits per heavy atom. The first-order valence-electron chi connectivity index (χ1n) is 17.2. The molecule has 2 rings (SSSR count). The second-order valence-electron chi connectivity index (χ2n) is 13.4. The van der Waals surface area contributed by atoms with Crippen molar-refractivity contribution in [3.8, 4) is 0 Å². The minimum atomic E-state index is -5.15. The first-order valence-corrected chi connectivity index (χ1v) is 20.2. The fourth-order valence-corrected chi connectivity index (χ4v) is 10.4. The second kappa shape index (κ2) is 24.2. The molecule has 4 N–H and O–H groups in total. The molecule has 2 saturated carbocycles. The zero-order valence-corrected chi connectivity index (χ0v) is 35.8. The van der Waals surface area contributed by atoms with Crippen LogP contribution in [0.4, 0.5) is 0 Å². The molecule has 2 aliphatic rings. The van der Waals surface area contributed by atoms with E-state index in [0.717, 1.165) is 38.5 Å². The average molecular weight is 773 g/mol. The summed E-state index contributed by atoms with van der Waals surface area (Å²) in [4.78, 5) is 47.3. The normalized spacial score (nSPS) is 17.5. The van der Waals surface area contributed by atoms with E-state index in [1.54, 1.807) is 0 Å². The molecule has 14 nitrogen and oxygen atoms in total. The van der Waals surface area contributed by atoms with Crippen molar-refractivity contribution in [3.05, 3.63) is 0 Å². The minimum Gasteiger partial charge on any atom is -0.549 e. The van der Waals surface area contributed by atoms with E-state index in [2.05, 4.69) is 0 Å². The van der Waals surface area contributed by atoms with E-state index in [9.17, 15) is 65.5 Å². The number of hydrogen-bond acceptors (Lipinski definition) is 10. The summed E-state index contributed by atoms with van der Waals surface area (Å²) in [6, 6.07) is 0. The Morgan fingerprint density at radius 1 is 0.640 bits per heavy atom. The van der Waals surface area contributed by atoms with E-state index >= 15 is 0 Å². The van der Waals surface area contributed by atoms with Gasteiger partial charge in [0.25, 0.3) is 20.2 Å². The summed E-state index contributed by atoms with van der Waals surface area (Å²) < 4.78 is 65.9. The van der Waals surface area contributed by atoms with Crippen LogP contribution in [-0.4, -0.2) is 70.5 Å². The maximum absolute atomic E-state index is 12.2. The predicted octanol–water partition coefficient (Wildman–Crippen LogP) is -2.76. The van der Waals surface area contributed by atoms with Gasteiger partial charge in [-0.2, -0.15) is 16.8 Å². The van der Waals surface area contributed by atoms with E-state index in [4.69, 9.17) is 0 Å². The zero-order valence-electron chi connectivity index (χ0n) is 30.1. The maximum atomic E-state index is 12.2. The van der Waals surface area contributed by atoms with Crippen LogP contribution >= 0.6 is 0 Å². The van der Waals surface area contributed by atoms with E-state index in [-0.39, 0.29) is 72.0 Å². The Balaban J connectivity index is 0. The Hall–Kier alpha value is -0.300. The zero-order chi connectivity index (χ0) is 36.8. The number of carbonyl (C=O) groups excluding carboxylic acids is 2. The molecule has 2 aliphatic carbocycles. The smallest absolute Gasteiger partial charge is 0.549 e. The Morgan fingerprint density at radius 2 is 1.00 bits per heavy atom. The monoisotopic (exact) mass is 772 g/mol. The largest absolute Gasteiger partial charge is 1.00 e. The van der Waals surface area contributed by atoms with Gasteiger partial charge in [0.2, 0.25) is 0 Å². The molecule has 0 aromatic carbocycles. The molecular formula is C32H54Na2O14S2. The van der Waals surface area contributed by atoms with Crippen LogP contribution in [0.3, 0.4) is 0 Å². The molecule has 50 heavy (non-hydrogen) atoms. The van der Waals surface area contributed by atoms with Gasteiger partial charge in [0.05, 0.1) is 11.4 Å². The third-order valence-electron chi connectivity index (χ3n) is 10.3. The summed E-state index contributed by atoms with van der Waals surface area (Å²) in [5.41, 5.74) is -4.13. The third-order valence-corrected chi connectivity index (χ3v) is 12.7. The van der Waals surface area contributed by atoms with E-state index < -0.39 is 77.3 Å². The molecule has 0 aliphatic heterocycles. The number of carboxylic acid groups (broad SMARTS) is 4. The van der Waals surface area contributed by atoms with Crippen LogP contribution < -0.4 is 69.3 Å². The second-order valence-corrected chi connectivity index (χ2v) is 16.4. The van der Waals surface area contributed by atoms with Gasteiger partial charge in [0.1, 0.15) is 5.25 Å². The molecule has 2 fully saturated rings. The molecule has 0 aromatic heterocycles. The van der Waals surface area contributed by atoms with Crippen molar-refractivity contribution in [1.82, 2.24) is 0 Å². The van der Waals surface area contributed by atoms with Gasteiger partial charge in [-0.3, -0.25) is 18.7 Å². The summed E-state index contributed by atoms with van der Waals surface area (Å²) in [5.74, 6) is -8.33. The molecule has 0 amide bonds.